The lowest BCUT2D eigenvalue weighted by molar-refractivity contribution is -0.143. The van der Waals surface area contributed by atoms with Crippen LogP contribution >= 0.6 is 0 Å². The van der Waals surface area contributed by atoms with E-state index in [2.05, 4.69) is 17.3 Å². The zero-order chi connectivity index (χ0) is 22.3. The quantitative estimate of drug-likeness (QED) is 0.691. The molecule has 6 rings (SSSR count). The molecule has 0 radical (unpaired) electrons. The van der Waals surface area contributed by atoms with E-state index in [0.717, 1.165) is 17.8 Å². The van der Waals surface area contributed by atoms with Gasteiger partial charge in [-0.3, -0.25) is 9.59 Å². The molecule has 7 nitrogen and oxygen atoms in total. The van der Waals surface area contributed by atoms with Crippen molar-refractivity contribution in [3.8, 4) is 0 Å². The van der Waals surface area contributed by atoms with Crippen LogP contribution in [0.15, 0.2) is 35.4 Å². The van der Waals surface area contributed by atoms with Gasteiger partial charge in [0, 0.05) is 18.9 Å². The average molecular weight is 438 g/mol. The molecule has 32 heavy (non-hydrogen) atoms. The van der Waals surface area contributed by atoms with Crippen molar-refractivity contribution in [1.82, 2.24) is 5.32 Å². The van der Waals surface area contributed by atoms with Crippen LogP contribution in [0.3, 0.4) is 0 Å². The van der Waals surface area contributed by atoms with Gasteiger partial charge >= 0.3 is 5.97 Å². The maximum Gasteiger partial charge on any atom is 0.355 e. The summed E-state index contributed by atoms with van der Waals surface area (Å²) in [7, 11) is 0. The number of amides is 2. The molecule has 0 aromatic heterocycles. The van der Waals surface area contributed by atoms with Gasteiger partial charge in [0.25, 0.3) is 5.91 Å². The molecule has 1 aromatic rings. The van der Waals surface area contributed by atoms with Crippen LogP contribution in [0, 0.1) is 23.2 Å². The minimum absolute atomic E-state index is 0.0836. The first-order valence-corrected chi connectivity index (χ1v) is 11.8. The van der Waals surface area contributed by atoms with Crippen molar-refractivity contribution in [2.75, 3.05) is 11.6 Å². The zero-order valence-corrected chi connectivity index (χ0v) is 18.6. The first-order valence-electron chi connectivity index (χ1n) is 11.8. The van der Waals surface area contributed by atoms with Gasteiger partial charge < -0.3 is 10.1 Å². The first-order chi connectivity index (χ1) is 15.4. The molecule has 0 spiro atoms. The number of nitrogens with one attached hydrogen (secondary N) is 1. The number of carbonyl (C=O) groups is 3. The third kappa shape index (κ3) is 4.05. The Balaban J connectivity index is 1.16. The van der Waals surface area contributed by atoms with Crippen molar-refractivity contribution in [2.45, 2.75) is 64.3 Å². The Bertz CT molecular complexity index is 906. The predicted octanol–water partition coefficient (Wildman–Crippen LogP) is 3.43. The molecule has 2 amide bonds. The van der Waals surface area contributed by atoms with Gasteiger partial charge in [-0.05, 0) is 80.8 Å². The van der Waals surface area contributed by atoms with Gasteiger partial charge in [0.15, 0.2) is 6.61 Å². The van der Waals surface area contributed by atoms with Crippen LogP contribution in [-0.4, -0.2) is 36.1 Å². The van der Waals surface area contributed by atoms with E-state index in [1.165, 1.54) is 43.5 Å². The summed E-state index contributed by atoms with van der Waals surface area (Å²) in [4.78, 5) is 37.3. The van der Waals surface area contributed by atoms with Crippen LogP contribution in [0.1, 0.15) is 58.3 Å². The number of benzene rings is 1. The minimum Gasteiger partial charge on any atom is -0.451 e. The molecule has 170 valence electrons. The monoisotopic (exact) mass is 437 g/mol. The van der Waals surface area contributed by atoms with Crippen LogP contribution < -0.4 is 10.3 Å². The second-order valence-electron chi connectivity index (χ2n) is 10.2. The lowest BCUT2D eigenvalue weighted by atomic mass is 9.48. The normalized spacial score (nSPS) is 31.8. The maximum atomic E-state index is 12.6. The van der Waals surface area contributed by atoms with Gasteiger partial charge in [-0.25, -0.2) is 9.80 Å². The van der Waals surface area contributed by atoms with Crippen LogP contribution in [0.2, 0.25) is 0 Å². The number of hydrogen-bond donors (Lipinski definition) is 1. The number of para-hydroxylation sites is 1. The largest absolute Gasteiger partial charge is 0.451 e. The van der Waals surface area contributed by atoms with Crippen LogP contribution in [0.4, 0.5) is 5.69 Å². The summed E-state index contributed by atoms with van der Waals surface area (Å²) in [6.45, 7) is 1.79. The van der Waals surface area contributed by atoms with Crippen molar-refractivity contribution in [3.63, 3.8) is 0 Å². The molecule has 4 aliphatic carbocycles. The number of anilines is 1. The molecule has 1 atom stereocenters. The van der Waals surface area contributed by atoms with Crippen LogP contribution in [-0.2, 0) is 19.1 Å². The number of ether oxygens (including phenoxy) is 1. The lowest BCUT2D eigenvalue weighted by Gasteiger charge is -2.59. The molecule has 0 saturated heterocycles. The molecule has 5 aliphatic rings. The Morgan fingerprint density at radius 2 is 1.72 bits per heavy atom. The van der Waals surface area contributed by atoms with E-state index in [0.29, 0.717) is 5.69 Å². The van der Waals surface area contributed by atoms with Crippen molar-refractivity contribution in [1.29, 1.82) is 0 Å². The molecule has 1 N–H and O–H groups in total. The van der Waals surface area contributed by atoms with Gasteiger partial charge in [-0.15, -0.1) is 0 Å². The standard InChI is InChI=1S/C25H31N3O4/c1-16(25-12-17-9-18(13-25)11-19(10-17)14-25)26-22(29)15-32-24(31)21-7-8-23(30)28(27-21)20-5-3-2-4-6-20/h2-6,16-19H,7-15H2,1H3,(H,26,29)/t16-,17?,18?,19?,25?/m1/s1. The summed E-state index contributed by atoms with van der Waals surface area (Å²) >= 11 is 0. The van der Waals surface area contributed by atoms with Gasteiger partial charge in [0.1, 0.15) is 5.71 Å². The highest BCUT2D eigenvalue weighted by Gasteiger charge is 2.53. The topological polar surface area (TPSA) is 88.1 Å². The molecule has 4 fully saturated rings. The third-order valence-corrected chi connectivity index (χ3v) is 7.99. The molecular formula is C25H31N3O4. The number of hydrogen-bond acceptors (Lipinski definition) is 5. The van der Waals surface area contributed by atoms with Gasteiger partial charge in [0.05, 0.1) is 5.69 Å². The SMILES string of the molecule is C[C@@H](NC(=O)COC(=O)C1=NN(c2ccccc2)C(=O)CC1)C12CC3CC(CC(C3)C1)C2. The number of nitrogens with zero attached hydrogens (tertiary/aromatic N) is 2. The Morgan fingerprint density at radius 3 is 2.34 bits per heavy atom. The maximum absolute atomic E-state index is 12.6. The van der Waals surface area contributed by atoms with Gasteiger partial charge in [-0.1, -0.05) is 18.2 Å². The first kappa shape index (κ1) is 21.2. The summed E-state index contributed by atoms with van der Waals surface area (Å²) in [6.07, 6.45) is 8.11. The molecule has 4 saturated carbocycles. The van der Waals surface area contributed by atoms with Gasteiger partial charge in [0.2, 0.25) is 5.91 Å². The summed E-state index contributed by atoms with van der Waals surface area (Å²) in [5.41, 5.74) is 0.971. The molecule has 7 heteroatoms. The Labute approximate surface area is 188 Å². The van der Waals surface area contributed by atoms with Crippen molar-refractivity contribution in [2.24, 2.45) is 28.3 Å². The lowest BCUT2D eigenvalue weighted by Crippen LogP contribution is -2.56. The van der Waals surface area contributed by atoms with Crippen molar-refractivity contribution in [3.05, 3.63) is 30.3 Å². The number of esters is 1. The summed E-state index contributed by atoms with van der Waals surface area (Å²) in [6, 6.07) is 9.06. The van der Waals surface area contributed by atoms with Crippen LogP contribution in [0.25, 0.3) is 0 Å². The van der Waals surface area contributed by atoms with E-state index in [-0.39, 0.29) is 48.4 Å². The smallest absolute Gasteiger partial charge is 0.355 e. The van der Waals surface area contributed by atoms with E-state index >= 15 is 0 Å². The second kappa shape index (κ2) is 8.34. The summed E-state index contributed by atoms with van der Waals surface area (Å²) in [5, 5.41) is 8.54. The number of carbonyl (C=O) groups excluding carboxylic acids is 3. The van der Waals surface area contributed by atoms with Gasteiger partial charge in [-0.2, -0.15) is 5.10 Å². The molecule has 0 unspecified atom stereocenters. The second-order valence-corrected chi connectivity index (χ2v) is 10.2. The highest BCUT2D eigenvalue weighted by atomic mass is 16.5. The Kier molecular flexibility index (Phi) is 5.51. The van der Waals surface area contributed by atoms with Crippen molar-refractivity contribution < 1.29 is 19.1 Å². The van der Waals surface area contributed by atoms with E-state index in [1.54, 1.807) is 24.3 Å². The van der Waals surface area contributed by atoms with E-state index in [9.17, 15) is 14.4 Å². The fourth-order valence-electron chi connectivity index (χ4n) is 6.83. The number of rotatable bonds is 6. The van der Waals surface area contributed by atoms with E-state index < -0.39 is 5.97 Å². The molecule has 1 aromatic carbocycles. The molecule has 1 heterocycles. The summed E-state index contributed by atoms with van der Waals surface area (Å²) in [5.74, 6) is 1.37. The molecule has 1 aliphatic heterocycles. The minimum atomic E-state index is -0.643. The Morgan fingerprint density at radius 1 is 1.09 bits per heavy atom. The average Bonchev–Trinajstić information content (AvgIpc) is 2.77. The van der Waals surface area contributed by atoms with Crippen LogP contribution in [0.5, 0.6) is 0 Å². The van der Waals surface area contributed by atoms with Crippen molar-refractivity contribution >= 4 is 29.2 Å². The molecular weight excluding hydrogens is 406 g/mol. The summed E-state index contributed by atoms with van der Waals surface area (Å²) < 4.78 is 5.26. The highest BCUT2D eigenvalue weighted by Crippen LogP contribution is 2.61. The highest BCUT2D eigenvalue weighted by molar-refractivity contribution is 6.38. The fourth-order valence-corrected chi connectivity index (χ4v) is 6.83. The third-order valence-electron chi connectivity index (χ3n) is 7.99. The molecule has 4 bridgehead atoms. The van der Waals surface area contributed by atoms with E-state index in [1.807, 2.05) is 6.07 Å². The van der Waals surface area contributed by atoms with E-state index in [4.69, 9.17) is 4.74 Å². The Hall–Kier alpha value is -2.70. The number of hydrazone groups is 1. The predicted molar refractivity (Wildman–Crippen MR) is 120 cm³/mol. The zero-order valence-electron chi connectivity index (χ0n) is 18.6. The fraction of sp³-hybridized carbons (Fsp3) is 0.600.